The molecule has 5 rings (SSSR count). The summed E-state index contributed by atoms with van der Waals surface area (Å²) >= 11 is 6.46. The second-order valence-corrected chi connectivity index (χ2v) is 12.1. The molecule has 3 N–H and O–H groups in total. The zero-order chi connectivity index (χ0) is 26.0. The fraction of sp³-hybridized carbons (Fsp3) is 0.357. The molecule has 0 bridgehead atoms. The van der Waals surface area contributed by atoms with Crippen molar-refractivity contribution in [1.82, 2.24) is 14.6 Å². The van der Waals surface area contributed by atoms with E-state index in [9.17, 15) is 13.5 Å². The van der Waals surface area contributed by atoms with Gasteiger partial charge in [0.2, 0.25) is 10.0 Å². The molecule has 1 aliphatic heterocycles. The van der Waals surface area contributed by atoms with E-state index in [1.54, 1.807) is 22.5 Å². The molecule has 1 aromatic heterocycles. The number of halogens is 1. The Morgan fingerprint density at radius 3 is 2.57 bits per heavy atom. The van der Waals surface area contributed by atoms with E-state index >= 15 is 0 Å². The van der Waals surface area contributed by atoms with Gasteiger partial charge in [-0.25, -0.2) is 8.42 Å². The number of aromatic amines is 1. The van der Waals surface area contributed by atoms with E-state index in [1.165, 1.54) is 0 Å². The first-order valence-electron chi connectivity index (χ1n) is 12.6. The summed E-state index contributed by atoms with van der Waals surface area (Å²) in [5.41, 5.74) is 2.97. The van der Waals surface area contributed by atoms with Gasteiger partial charge in [0.05, 0.1) is 20.8 Å². The van der Waals surface area contributed by atoms with Crippen LogP contribution in [0.5, 0.6) is 5.75 Å². The van der Waals surface area contributed by atoms with Crippen molar-refractivity contribution >= 4 is 43.4 Å². The molecule has 0 spiro atoms. The first-order chi connectivity index (χ1) is 17.8. The van der Waals surface area contributed by atoms with Crippen molar-refractivity contribution in [3.63, 3.8) is 0 Å². The lowest BCUT2D eigenvalue weighted by Gasteiger charge is -2.31. The third-order valence-corrected chi connectivity index (χ3v) is 9.25. The molecule has 3 aromatic carbocycles. The Bertz CT molecular complexity index is 1480. The number of benzene rings is 3. The highest BCUT2D eigenvalue weighted by Gasteiger charge is 2.29. The van der Waals surface area contributed by atoms with Gasteiger partial charge in [-0.15, -0.1) is 0 Å². The van der Waals surface area contributed by atoms with Crippen molar-refractivity contribution in [3.8, 4) is 5.75 Å². The Morgan fingerprint density at radius 1 is 1.08 bits per heavy atom. The Balaban J connectivity index is 1.10. The number of nitrogens with zero attached hydrogens (tertiary/aromatic N) is 1. The molecule has 0 aliphatic carbocycles. The normalized spacial score (nSPS) is 16.4. The highest BCUT2D eigenvalue weighted by atomic mass is 35.5. The van der Waals surface area contributed by atoms with Gasteiger partial charge in [-0.3, -0.25) is 0 Å². The van der Waals surface area contributed by atoms with Crippen LogP contribution in [0, 0.1) is 12.8 Å². The summed E-state index contributed by atoms with van der Waals surface area (Å²) in [4.78, 5) is 3.72. The minimum absolute atomic E-state index is 0.110. The standard InChI is InChI=1S/C28H32ClN3O4S/c1-19-6-8-22(9-7-19)37(34,35)32-14-12-20(13-15-32)16-30-17-21(33)18-36-28-24(29)10-11-26-27(28)23-4-2-3-5-25(23)31-26/h2-11,20-21,30-31,33H,12-18H2,1H3. The molecule has 0 amide bonds. The van der Waals surface area contributed by atoms with E-state index in [-0.39, 0.29) is 6.61 Å². The maximum absolute atomic E-state index is 12.9. The van der Waals surface area contributed by atoms with Gasteiger partial charge in [0.1, 0.15) is 18.5 Å². The average molecular weight is 542 g/mol. The zero-order valence-electron chi connectivity index (χ0n) is 20.8. The predicted octanol–water partition coefficient (Wildman–Crippen LogP) is 4.71. The number of aromatic nitrogens is 1. The molecular weight excluding hydrogens is 510 g/mol. The smallest absolute Gasteiger partial charge is 0.243 e. The fourth-order valence-electron chi connectivity index (χ4n) is 4.93. The number of aliphatic hydroxyl groups is 1. The van der Waals surface area contributed by atoms with Crippen molar-refractivity contribution in [2.75, 3.05) is 32.8 Å². The maximum atomic E-state index is 12.9. The van der Waals surface area contributed by atoms with Crippen LogP contribution < -0.4 is 10.1 Å². The van der Waals surface area contributed by atoms with Gasteiger partial charge in [0.25, 0.3) is 0 Å². The molecule has 2 heterocycles. The minimum Gasteiger partial charge on any atom is -0.489 e. The van der Waals surface area contributed by atoms with Gasteiger partial charge in [-0.05, 0) is 62.6 Å². The number of piperidine rings is 1. The number of hydrogen-bond acceptors (Lipinski definition) is 5. The second-order valence-electron chi connectivity index (χ2n) is 9.75. The van der Waals surface area contributed by atoms with E-state index < -0.39 is 16.1 Å². The molecule has 1 aliphatic rings. The average Bonchev–Trinajstić information content (AvgIpc) is 3.27. The molecule has 0 saturated carbocycles. The van der Waals surface area contributed by atoms with Gasteiger partial charge < -0.3 is 20.1 Å². The number of hydrogen-bond donors (Lipinski definition) is 3. The fourth-order valence-corrected chi connectivity index (χ4v) is 6.61. The largest absolute Gasteiger partial charge is 0.489 e. The van der Waals surface area contributed by atoms with Gasteiger partial charge in [-0.1, -0.05) is 47.5 Å². The number of sulfonamides is 1. The van der Waals surface area contributed by atoms with Crippen LogP contribution >= 0.6 is 11.6 Å². The minimum atomic E-state index is -3.46. The Kier molecular flexibility index (Phi) is 7.74. The Labute approximate surface area is 222 Å². The summed E-state index contributed by atoms with van der Waals surface area (Å²) in [7, 11) is -3.46. The van der Waals surface area contributed by atoms with Crippen molar-refractivity contribution in [2.45, 2.75) is 30.8 Å². The van der Waals surface area contributed by atoms with Crippen molar-refractivity contribution in [1.29, 1.82) is 0 Å². The molecule has 9 heteroatoms. The number of ether oxygens (including phenoxy) is 1. The highest BCUT2D eigenvalue weighted by Crippen LogP contribution is 2.38. The lowest BCUT2D eigenvalue weighted by Crippen LogP contribution is -2.42. The number of rotatable bonds is 9. The Hall–Kier alpha value is -2.62. The quantitative estimate of drug-likeness (QED) is 0.285. The first-order valence-corrected chi connectivity index (χ1v) is 14.4. The van der Waals surface area contributed by atoms with Crippen molar-refractivity contribution in [2.24, 2.45) is 5.92 Å². The summed E-state index contributed by atoms with van der Waals surface area (Å²) in [6.45, 7) is 4.15. The van der Waals surface area contributed by atoms with Crippen molar-refractivity contribution in [3.05, 3.63) is 71.2 Å². The first kappa shape index (κ1) is 26.0. The number of fused-ring (bicyclic) bond motifs is 3. The van der Waals surface area contributed by atoms with Crippen LogP contribution in [0.3, 0.4) is 0 Å². The lowest BCUT2D eigenvalue weighted by molar-refractivity contribution is 0.105. The Morgan fingerprint density at radius 2 is 1.81 bits per heavy atom. The molecule has 1 atom stereocenters. The highest BCUT2D eigenvalue weighted by molar-refractivity contribution is 7.89. The van der Waals surface area contributed by atoms with E-state index in [4.69, 9.17) is 16.3 Å². The van der Waals surface area contributed by atoms with E-state index in [0.29, 0.717) is 47.8 Å². The van der Waals surface area contributed by atoms with Gasteiger partial charge in [0.15, 0.2) is 0 Å². The molecule has 1 unspecified atom stereocenters. The molecule has 196 valence electrons. The second kappa shape index (κ2) is 11.0. The summed E-state index contributed by atoms with van der Waals surface area (Å²) in [6, 6.07) is 18.7. The third-order valence-electron chi connectivity index (χ3n) is 7.04. The molecule has 4 aromatic rings. The van der Waals surface area contributed by atoms with E-state index in [2.05, 4.69) is 10.3 Å². The summed E-state index contributed by atoms with van der Waals surface area (Å²) in [6.07, 6.45) is 0.852. The molecular formula is C28H32ClN3O4S. The topological polar surface area (TPSA) is 94.7 Å². The van der Waals surface area contributed by atoms with Crippen molar-refractivity contribution < 1.29 is 18.3 Å². The third kappa shape index (κ3) is 5.63. The van der Waals surface area contributed by atoms with Gasteiger partial charge in [-0.2, -0.15) is 4.31 Å². The summed E-state index contributed by atoms with van der Waals surface area (Å²) < 4.78 is 33.4. The van der Waals surface area contributed by atoms with Crippen LogP contribution in [-0.4, -0.2) is 61.7 Å². The number of para-hydroxylation sites is 1. The molecule has 7 nitrogen and oxygen atoms in total. The molecule has 0 radical (unpaired) electrons. The van der Waals surface area contributed by atoms with Gasteiger partial charge in [0, 0.05) is 30.5 Å². The van der Waals surface area contributed by atoms with Crippen LogP contribution in [0.2, 0.25) is 5.02 Å². The van der Waals surface area contributed by atoms with Gasteiger partial charge >= 0.3 is 0 Å². The number of nitrogens with one attached hydrogen (secondary N) is 2. The van der Waals surface area contributed by atoms with Crippen LogP contribution in [0.4, 0.5) is 0 Å². The summed E-state index contributed by atoms with van der Waals surface area (Å²) in [5, 5.41) is 16.3. The number of aryl methyl sites for hydroxylation is 1. The molecule has 37 heavy (non-hydrogen) atoms. The van der Waals surface area contributed by atoms with E-state index in [1.807, 2.05) is 49.4 Å². The number of H-pyrrole nitrogens is 1. The predicted molar refractivity (Wildman–Crippen MR) is 148 cm³/mol. The van der Waals surface area contributed by atoms with E-state index in [0.717, 1.165) is 40.2 Å². The van der Waals surface area contributed by atoms with Crippen LogP contribution in [0.1, 0.15) is 18.4 Å². The zero-order valence-corrected chi connectivity index (χ0v) is 22.4. The molecule has 1 fully saturated rings. The van der Waals surface area contributed by atoms with Crippen LogP contribution in [0.25, 0.3) is 21.8 Å². The van der Waals surface area contributed by atoms with Crippen LogP contribution in [0.15, 0.2) is 65.6 Å². The number of aliphatic hydroxyl groups excluding tert-OH is 1. The maximum Gasteiger partial charge on any atom is 0.243 e. The lowest BCUT2D eigenvalue weighted by atomic mass is 9.98. The monoisotopic (exact) mass is 541 g/mol. The molecule has 1 saturated heterocycles. The SMILES string of the molecule is Cc1ccc(S(=O)(=O)N2CCC(CNCC(O)COc3c(Cl)ccc4[nH]c5ccccc5c34)CC2)cc1. The van der Waals surface area contributed by atoms with Crippen LogP contribution in [-0.2, 0) is 10.0 Å². The summed E-state index contributed by atoms with van der Waals surface area (Å²) in [5.74, 6) is 0.921.